The lowest BCUT2D eigenvalue weighted by atomic mass is 10.1. The molecule has 17 heavy (non-hydrogen) atoms. The van der Waals surface area contributed by atoms with Gasteiger partial charge in [0.1, 0.15) is 0 Å². The molecule has 1 N–H and O–H groups in total. The number of nitrogens with zero attached hydrogens (tertiary/aromatic N) is 1. The maximum absolute atomic E-state index is 3.96. The molecule has 0 bridgehead atoms. The Labute approximate surface area is 103 Å². The molecule has 2 aromatic rings. The number of fused-ring (bicyclic) bond motifs is 1. The molecule has 1 aromatic heterocycles. The van der Waals surface area contributed by atoms with Gasteiger partial charge in [0.15, 0.2) is 0 Å². The summed E-state index contributed by atoms with van der Waals surface area (Å²) < 4.78 is 2.24. The van der Waals surface area contributed by atoms with Crippen LogP contribution in [0.4, 0.5) is 0 Å². The highest BCUT2D eigenvalue weighted by molar-refractivity contribution is 5.81. The van der Waals surface area contributed by atoms with Crippen molar-refractivity contribution in [3.8, 4) is 0 Å². The van der Waals surface area contributed by atoms with E-state index in [1.807, 2.05) is 0 Å². The fourth-order valence-corrected chi connectivity index (χ4v) is 2.06. The van der Waals surface area contributed by atoms with Gasteiger partial charge in [-0.25, -0.2) is 0 Å². The van der Waals surface area contributed by atoms with E-state index in [2.05, 4.69) is 60.8 Å². The van der Waals surface area contributed by atoms with Crippen LogP contribution in [-0.4, -0.2) is 11.1 Å². The summed E-state index contributed by atoms with van der Waals surface area (Å²) in [5.41, 5.74) is 3.81. The normalized spacial score (nSPS) is 10.9. The molecule has 0 aliphatic carbocycles. The zero-order valence-corrected chi connectivity index (χ0v) is 10.7. The van der Waals surface area contributed by atoms with Crippen molar-refractivity contribution in [2.75, 3.05) is 6.54 Å². The maximum atomic E-state index is 3.96. The highest BCUT2D eigenvalue weighted by Gasteiger charge is 2.02. The third-order valence-corrected chi connectivity index (χ3v) is 2.85. The Balaban J connectivity index is 2.28. The summed E-state index contributed by atoms with van der Waals surface area (Å²) in [5.74, 6) is 0. The molecule has 0 atom stereocenters. The van der Waals surface area contributed by atoms with Crippen molar-refractivity contribution in [3.05, 3.63) is 48.2 Å². The Bertz CT molecular complexity index is 523. The van der Waals surface area contributed by atoms with Crippen molar-refractivity contribution in [2.24, 2.45) is 0 Å². The number of nitrogens with one attached hydrogen (secondary N) is 1. The molecule has 0 amide bonds. The van der Waals surface area contributed by atoms with Crippen molar-refractivity contribution in [1.82, 2.24) is 9.88 Å². The predicted octanol–water partition coefficient (Wildman–Crippen LogP) is 3.33. The summed E-state index contributed by atoms with van der Waals surface area (Å²) in [6, 6.07) is 8.82. The van der Waals surface area contributed by atoms with Crippen LogP contribution in [0.2, 0.25) is 0 Å². The molecular formula is C15H20N2. The van der Waals surface area contributed by atoms with Crippen LogP contribution in [-0.2, 0) is 13.1 Å². The van der Waals surface area contributed by atoms with E-state index in [9.17, 15) is 0 Å². The molecule has 1 heterocycles. The SMILES string of the molecule is C=C(C)Cn1ccc2cc(CNCC)ccc21. The van der Waals surface area contributed by atoms with Gasteiger partial charge in [-0.15, -0.1) is 0 Å². The minimum atomic E-state index is 0.899. The topological polar surface area (TPSA) is 17.0 Å². The van der Waals surface area contributed by atoms with Crippen LogP contribution in [0.1, 0.15) is 19.4 Å². The molecule has 0 unspecified atom stereocenters. The van der Waals surface area contributed by atoms with Gasteiger partial charge in [-0.1, -0.05) is 25.1 Å². The molecule has 0 saturated carbocycles. The monoisotopic (exact) mass is 228 g/mol. The van der Waals surface area contributed by atoms with Gasteiger partial charge in [0.25, 0.3) is 0 Å². The molecule has 2 rings (SSSR count). The third kappa shape index (κ3) is 2.77. The average molecular weight is 228 g/mol. The zero-order chi connectivity index (χ0) is 12.3. The first kappa shape index (κ1) is 11.9. The molecule has 0 spiro atoms. The van der Waals surface area contributed by atoms with Crippen LogP contribution in [0.25, 0.3) is 10.9 Å². The van der Waals surface area contributed by atoms with Gasteiger partial charge in [0.05, 0.1) is 0 Å². The number of hydrogen-bond donors (Lipinski definition) is 1. The number of benzene rings is 1. The molecule has 0 saturated heterocycles. The summed E-state index contributed by atoms with van der Waals surface area (Å²) in [6.07, 6.45) is 2.14. The Kier molecular flexibility index (Phi) is 3.64. The van der Waals surface area contributed by atoms with E-state index < -0.39 is 0 Å². The van der Waals surface area contributed by atoms with Crippen LogP contribution < -0.4 is 5.32 Å². The first-order valence-corrected chi connectivity index (χ1v) is 6.13. The van der Waals surface area contributed by atoms with Crippen LogP contribution in [0.5, 0.6) is 0 Å². The molecule has 0 aliphatic rings. The second kappa shape index (κ2) is 5.19. The van der Waals surface area contributed by atoms with Crippen LogP contribution in [0.15, 0.2) is 42.6 Å². The Morgan fingerprint density at radius 1 is 1.35 bits per heavy atom. The highest BCUT2D eigenvalue weighted by atomic mass is 14.9. The van der Waals surface area contributed by atoms with E-state index in [0.717, 1.165) is 19.6 Å². The van der Waals surface area contributed by atoms with Crippen molar-refractivity contribution >= 4 is 10.9 Å². The van der Waals surface area contributed by atoms with Gasteiger partial charge in [-0.3, -0.25) is 0 Å². The van der Waals surface area contributed by atoms with Crippen LogP contribution in [0.3, 0.4) is 0 Å². The van der Waals surface area contributed by atoms with Gasteiger partial charge >= 0.3 is 0 Å². The summed E-state index contributed by atoms with van der Waals surface area (Å²) in [5, 5.41) is 4.65. The first-order chi connectivity index (χ1) is 8.20. The molecule has 0 aliphatic heterocycles. The van der Waals surface area contributed by atoms with E-state index in [-0.39, 0.29) is 0 Å². The fraction of sp³-hybridized carbons (Fsp3) is 0.333. The number of rotatable bonds is 5. The van der Waals surface area contributed by atoms with E-state index in [0.29, 0.717) is 0 Å². The van der Waals surface area contributed by atoms with Crippen LogP contribution in [0, 0.1) is 0 Å². The highest BCUT2D eigenvalue weighted by Crippen LogP contribution is 2.18. The Hall–Kier alpha value is -1.54. The summed E-state index contributed by atoms with van der Waals surface area (Å²) >= 11 is 0. The lowest BCUT2D eigenvalue weighted by Crippen LogP contribution is -2.11. The molecule has 2 heteroatoms. The fourth-order valence-electron chi connectivity index (χ4n) is 2.06. The van der Waals surface area contributed by atoms with E-state index in [4.69, 9.17) is 0 Å². The summed E-state index contributed by atoms with van der Waals surface area (Å²) in [4.78, 5) is 0. The Morgan fingerprint density at radius 2 is 2.18 bits per heavy atom. The van der Waals surface area contributed by atoms with Gasteiger partial charge in [-0.05, 0) is 42.6 Å². The summed E-state index contributed by atoms with van der Waals surface area (Å²) in [7, 11) is 0. The van der Waals surface area contributed by atoms with Crippen molar-refractivity contribution in [1.29, 1.82) is 0 Å². The molecule has 0 radical (unpaired) electrons. The molecule has 90 valence electrons. The van der Waals surface area contributed by atoms with Gasteiger partial charge in [-0.2, -0.15) is 0 Å². The molecule has 2 nitrogen and oxygen atoms in total. The second-order valence-electron chi connectivity index (χ2n) is 4.57. The first-order valence-electron chi connectivity index (χ1n) is 6.13. The van der Waals surface area contributed by atoms with E-state index in [1.54, 1.807) is 0 Å². The minimum absolute atomic E-state index is 0.899. The predicted molar refractivity (Wildman–Crippen MR) is 74.1 cm³/mol. The van der Waals surface area contributed by atoms with Gasteiger partial charge < -0.3 is 9.88 Å². The molecular weight excluding hydrogens is 208 g/mol. The standard InChI is InChI=1S/C15H20N2/c1-4-16-10-13-5-6-15-14(9-13)7-8-17(15)11-12(2)3/h5-9,16H,2,4,10-11H2,1,3H3. The van der Waals surface area contributed by atoms with E-state index >= 15 is 0 Å². The molecule has 0 fully saturated rings. The average Bonchev–Trinajstić information content (AvgIpc) is 2.68. The van der Waals surface area contributed by atoms with Crippen molar-refractivity contribution < 1.29 is 0 Å². The maximum Gasteiger partial charge on any atom is 0.0483 e. The number of hydrogen-bond acceptors (Lipinski definition) is 1. The van der Waals surface area contributed by atoms with Gasteiger partial charge in [0.2, 0.25) is 0 Å². The van der Waals surface area contributed by atoms with Crippen molar-refractivity contribution in [3.63, 3.8) is 0 Å². The second-order valence-corrected chi connectivity index (χ2v) is 4.57. The zero-order valence-electron chi connectivity index (χ0n) is 10.7. The smallest absolute Gasteiger partial charge is 0.0483 e. The largest absolute Gasteiger partial charge is 0.343 e. The number of allylic oxidation sites excluding steroid dienone is 1. The van der Waals surface area contributed by atoms with Gasteiger partial charge in [0, 0.05) is 24.8 Å². The Morgan fingerprint density at radius 3 is 2.88 bits per heavy atom. The summed E-state index contributed by atoms with van der Waals surface area (Å²) in [6.45, 7) is 11.0. The number of aromatic nitrogens is 1. The van der Waals surface area contributed by atoms with E-state index in [1.165, 1.54) is 22.0 Å². The molecule has 1 aromatic carbocycles. The van der Waals surface area contributed by atoms with Crippen LogP contribution >= 0.6 is 0 Å². The third-order valence-electron chi connectivity index (χ3n) is 2.85. The quantitative estimate of drug-likeness (QED) is 0.777. The lowest BCUT2D eigenvalue weighted by molar-refractivity contribution is 0.727. The minimum Gasteiger partial charge on any atom is -0.343 e. The lowest BCUT2D eigenvalue weighted by Gasteiger charge is -2.06. The van der Waals surface area contributed by atoms with Crippen molar-refractivity contribution in [2.45, 2.75) is 26.9 Å².